The van der Waals surface area contributed by atoms with E-state index < -0.39 is 6.10 Å². The molecule has 2 N–H and O–H groups in total. The van der Waals surface area contributed by atoms with E-state index in [1.165, 1.54) is 0 Å². The first-order valence-electron chi connectivity index (χ1n) is 6.29. The van der Waals surface area contributed by atoms with Gasteiger partial charge in [0, 0.05) is 13.0 Å². The molecule has 5 heteroatoms. The van der Waals surface area contributed by atoms with Crippen LogP contribution in [0, 0.1) is 5.92 Å². The van der Waals surface area contributed by atoms with Crippen LogP contribution in [-0.2, 0) is 11.2 Å². The number of halogens is 2. The number of aryl methyl sites for hydroxylation is 1. The number of carbonyl (C=O) groups is 1. The molecule has 0 bridgehead atoms. The van der Waals surface area contributed by atoms with Crippen molar-refractivity contribution < 1.29 is 9.90 Å². The van der Waals surface area contributed by atoms with Crippen LogP contribution in [0.4, 0.5) is 0 Å². The average Bonchev–Trinajstić information content (AvgIpc) is 2.37. The van der Waals surface area contributed by atoms with E-state index in [9.17, 15) is 9.90 Å². The predicted octanol–water partition coefficient (Wildman–Crippen LogP) is 3.06. The van der Waals surface area contributed by atoms with Gasteiger partial charge in [0.25, 0.3) is 0 Å². The zero-order valence-corrected chi connectivity index (χ0v) is 12.6. The Morgan fingerprint density at radius 3 is 2.58 bits per heavy atom. The van der Waals surface area contributed by atoms with E-state index in [1.54, 1.807) is 12.1 Å². The number of rotatable bonds is 6. The summed E-state index contributed by atoms with van der Waals surface area (Å²) in [4.78, 5) is 11.6. The molecule has 0 fully saturated rings. The Bertz CT molecular complexity index is 435. The van der Waals surface area contributed by atoms with Crippen molar-refractivity contribution in [3.8, 4) is 0 Å². The second-order valence-electron chi connectivity index (χ2n) is 4.86. The van der Waals surface area contributed by atoms with Crippen LogP contribution in [0.2, 0.25) is 10.0 Å². The summed E-state index contributed by atoms with van der Waals surface area (Å²) >= 11 is 11.7. The third-order valence-electron chi connectivity index (χ3n) is 2.90. The maximum atomic E-state index is 11.6. The number of amides is 1. The van der Waals surface area contributed by atoms with E-state index in [0.29, 0.717) is 22.9 Å². The predicted molar refractivity (Wildman–Crippen MR) is 78.6 cm³/mol. The van der Waals surface area contributed by atoms with E-state index in [2.05, 4.69) is 5.32 Å². The highest BCUT2D eigenvalue weighted by atomic mass is 35.5. The fourth-order valence-electron chi connectivity index (χ4n) is 1.50. The molecule has 1 amide bonds. The van der Waals surface area contributed by atoms with Crippen molar-refractivity contribution in [2.75, 3.05) is 6.54 Å². The summed E-state index contributed by atoms with van der Waals surface area (Å²) in [6, 6.07) is 5.34. The molecule has 3 nitrogen and oxygen atoms in total. The molecule has 1 aromatic carbocycles. The Hall–Kier alpha value is -0.770. The molecule has 1 unspecified atom stereocenters. The monoisotopic (exact) mass is 303 g/mol. The summed E-state index contributed by atoms with van der Waals surface area (Å²) in [7, 11) is 0. The zero-order chi connectivity index (χ0) is 14.4. The highest BCUT2D eigenvalue weighted by molar-refractivity contribution is 6.42. The number of nitrogens with one attached hydrogen (secondary N) is 1. The Kier molecular flexibility index (Phi) is 6.63. The second-order valence-corrected chi connectivity index (χ2v) is 5.68. The van der Waals surface area contributed by atoms with Crippen molar-refractivity contribution >= 4 is 29.1 Å². The van der Waals surface area contributed by atoms with Gasteiger partial charge in [-0.2, -0.15) is 0 Å². The van der Waals surface area contributed by atoms with Gasteiger partial charge in [0.2, 0.25) is 5.91 Å². The molecule has 0 heterocycles. The molecule has 0 saturated carbocycles. The lowest BCUT2D eigenvalue weighted by Crippen LogP contribution is -2.34. The molecule has 0 aromatic heterocycles. The summed E-state index contributed by atoms with van der Waals surface area (Å²) in [6.07, 6.45) is 0.456. The fraction of sp³-hybridized carbons (Fsp3) is 0.500. The van der Waals surface area contributed by atoms with Gasteiger partial charge in [-0.05, 0) is 30.0 Å². The molecular formula is C14H19Cl2NO2. The van der Waals surface area contributed by atoms with Crippen LogP contribution in [0.25, 0.3) is 0 Å². The number of hydrogen-bond donors (Lipinski definition) is 2. The van der Waals surface area contributed by atoms with Gasteiger partial charge in [0.1, 0.15) is 0 Å². The van der Waals surface area contributed by atoms with E-state index in [-0.39, 0.29) is 18.4 Å². The number of benzene rings is 1. The molecule has 1 aromatic rings. The standard InChI is InChI=1S/C14H19Cl2NO2/c1-9(2)13(18)8-17-14(19)6-4-10-3-5-11(15)12(16)7-10/h3,5,7,9,13,18H,4,6,8H2,1-2H3,(H,17,19). The number of carbonyl (C=O) groups excluding carboxylic acids is 1. The number of aliphatic hydroxyl groups is 1. The molecule has 0 aliphatic heterocycles. The molecule has 0 saturated heterocycles. The van der Waals surface area contributed by atoms with Crippen molar-refractivity contribution in [1.29, 1.82) is 0 Å². The minimum Gasteiger partial charge on any atom is -0.391 e. The molecule has 106 valence electrons. The largest absolute Gasteiger partial charge is 0.391 e. The van der Waals surface area contributed by atoms with Crippen molar-refractivity contribution in [3.63, 3.8) is 0 Å². The highest BCUT2D eigenvalue weighted by Crippen LogP contribution is 2.23. The van der Waals surface area contributed by atoms with Crippen molar-refractivity contribution in [2.24, 2.45) is 5.92 Å². The smallest absolute Gasteiger partial charge is 0.220 e. The Morgan fingerprint density at radius 1 is 1.32 bits per heavy atom. The first-order chi connectivity index (χ1) is 8.90. The molecule has 0 radical (unpaired) electrons. The van der Waals surface area contributed by atoms with Crippen LogP contribution in [0.3, 0.4) is 0 Å². The van der Waals surface area contributed by atoms with Gasteiger partial charge in [0.05, 0.1) is 16.1 Å². The highest BCUT2D eigenvalue weighted by Gasteiger charge is 2.10. The fourth-order valence-corrected chi connectivity index (χ4v) is 1.82. The summed E-state index contributed by atoms with van der Waals surface area (Å²) < 4.78 is 0. The lowest BCUT2D eigenvalue weighted by Gasteiger charge is -2.15. The average molecular weight is 304 g/mol. The van der Waals surface area contributed by atoms with Crippen LogP contribution in [-0.4, -0.2) is 23.7 Å². The van der Waals surface area contributed by atoms with Gasteiger partial charge in [-0.15, -0.1) is 0 Å². The Labute approximate surface area is 123 Å². The third kappa shape index (κ3) is 5.81. The van der Waals surface area contributed by atoms with Gasteiger partial charge in [-0.3, -0.25) is 4.79 Å². The first kappa shape index (κ1) is 16.3. The van der Waals surface area contributed by atoms with Gasteiger partial charge in [-0.25, -0.2) is 0 Å². The van der Waals surface area contributed by atoms with Gasteiger partial charge < -0.3 is 10.4 Å². The zero-order valence-electron chi connectivity index (χ0n) is 11.1. The van der Waals surface area contributed by atoms with Crippen molar-refractivity contribution in [1.82, 2.24) is 5.32 Å². The Balaban J connectivity index is 2.35. The van der Waals surface area contributed by atoms with Gasteiger partial charge in [-0.1, -0.05) is 43.1 Å². The maximum absolute atomic E-state index is 11.6. The van der Waals surface area contributed by atoms with E-state index in [0.717, 1.165) is 5.56 Å². The summed E-state index contributed by atoms with van der Waals surface area (Å²) in [5.74, 6) is 0.0566. The molecular weight excluding hydrogens is 285 g/mol. The van der Waals surface area contributed by atoms with E-state index >= 15 is 0 Å². The van der Waals surface area contributed by atoms with Gasteiger partial charge in [0.15, 0.2) is 0 Å². The molecule has 1 atom stereocenters. The topological polar surface area (TPSA) is 49.3 Å². The third-order valence-corrected chi connectivity index (χ3v) is 3.64. The summed E-state index contributed by atoms with van der Waals surface area (Å²) in [6.45, 7) is 4.11. The van der Waals surface area contributed by atoms with E-state index in [1.807, 2.05) is 19.9 Å². The Morgan fingerprint density at radius 2 is 2.00 bits per heavy atom. The SMILES string of the molecule is CC(C)C(O)CNC(=O)CCc1ccc(Cl)c(Cl)c1. The first-order valence-corrected chi connectivity index (χ1v) is 7.04. The summed E-state index contributed by atoms with van der Waals surface area (Å²) in [5.41, 5.74) is 0.967. The summed E-state index contributed by atoms with van der Waals surface area (Å²) in [5, 5.41) is 13.3. The molecule has 1 rings (SSSR count). The quantitative estimate of drug-likeness (QED) is 0.848. The van der Waals surface area contributed by atoms with E-state index in [4.69, 9.17) is 23.2 Å². The lowest BCUT2D eigenvalue weighted by molar-refractivity contribution is -0.121. The molecule has 19 heavy (non-hydrogen) atoms. The van der Waals surface area contributed by atoms with Crippen LogP contribution in [0.1, 0.15) is 25.8 Å². The lowest BCUT2D eigenvalue weighted by atomic mass is 10.1. The number of hydrogen-bond acceptors (Lipinski definition) is 2. The normalized spacial score (nSPS) is 12.5. The minimum atomic E-state index is -0.506. The van der Waals surface area contributed by atoms with Crippen LogP contribution in [0.15, 0.2) is 18.2 Å². The maximum Gasteiger partial charge on any atom is 0.220 e. The minimum absolute atomic E-state index is 0.0780. The van der Waals surface area contributed by atoms with Crippen molar-refractivity contribution in [2.45, 2.75) is 32.8 Å². The van der Waals surface area contributed by atoms with Gasteiger partial charge >= 0.3 is 0 Å². The molecule has 0 aliphatic rings. The van der Waals surface area contributed by atoms with Crippen LogP contribution >= 0.6 is 23.2 Å². The van der Waals surface area contributed by atoms with Crippen molar-refractivity contribution in [3.05, 3.63) is 33.8 Å². The molecule has 0 aliphatic carbocycles. The number of aliphatic hydroxyl groups excluding tert-OH is 1. The molecule has 0 spiro atoms. The second kappa shape index (κ2) is 7.73. The van der Waals surface area contributed by atoms with Crippen LogP contribution in [0.5, 0.6) is 0 Å². The van der Waals surface area contributed by atoms with Crippen LogP contribution < -0.4 is 5.32 Å².